The number of aromatic nitrogens is 2. The molecule has 0 aliphatic carbocycles. The third kappa shape index (κ3) is 4.05. The Kier molecular flexibility index (Phi) is 5.66. The van der Waals surface area contributed by atoms with Gasteiger partial charge in [-0.3, -0.25) is 4.79 Å². The topological polar surface area (TPSA) is 45.8 Å². The van der Waals surface area contributed by atoms with Gasteiger partial charge in [0.2, 0.25) is 0 Å². The second-order valence-electron chi connectivity index (χ2n) is 4.51. The second-order valence-corrected chi connectivity index (χ2v) is 4.95. The van der Waals surface area contributed by atoms with Gasteiger partial charge >= 0.3 is 0 Å². The Morgan fingerprint density at radius 3 is 2.13 bits per heavy atom. The molecule has 1 aromatic heterocycles. The predicted octanol–water partition coefficient (Wildman–Crippen LogP) is 4.92. The zero-order valence-electron chi connectivity index (χ0n) is 12.8. The first-order chi connectivity index (χ1) is 11.1. The van der Waals surface area contributed by atoms with Crippen molar-refractivity contribution in [3.63, 3.8) is 0 Å². The van der Waals surface area contributed by atoms with E-state index in [1.807, 2.05) is 26.0 Å². The van der Waals surface area contributed by atoms with Crippen molar-refractivity contribution in [2.45, 2.75) is 13.8 Å². The van der Waals surface area contributed by atoms with Crippen LogP contribution < -0.4 is 5.56 Å². The van der Waals surface area contributed by atoms with Crippen LogP contribution in [0, 0.1) is 5.82 Å². The Bertz CT molecular complexity index is 827. The molecule has 0 aliphatic heterocycles. The van der Waals surface area contributed by atoms with E-state index in [4.69, 9.17) is 11.6 Å². The lowest BCUT2D eigenvalue weighted by Crippen LogP contribution is -2.11. The van der Waals surface area contributed by atoms with Gasteiger partial charge in [-0.1, -0.05) is 49.7 Å². The van der Waals surface area contributed by atoms with E-state index >= 15 is 0 Å². The summed E-state index contributed by atoms with van der Waals surface area (Å²) >= 11 is 5.85. The summed E-state index contributed by atoms with van der Waals surface area (Å²) in [6.45, 7) is 4.00. The van der Waals surface area contributed by atoms with E-state index in [0.29, 0.717) is 21.8 Å². The number of aromatic amines is 1. The Hall–Kier alpha value is -2.46. The molecule has 0 aliphatic rings. The van der Waals surface area contributed by atoms with Crippen LogP contribution in [-0.4, -0.2) is 10.2 Å². The SMILES string of the molecule is CC.O=c1[nH]nc(-c2ccc(Cl)cc2)cc1-c1ccc(F)cc1. The zero-order valence-corrected chi connectivity index (χ0v) is 13.6. The molecular weight excluding hydrogens is 315 g/mol. The molecule has 3 aromatic rings. The van der Waals surface area contributed by atoms with Crippen LogP contribution >= 0.6 is 11.6 Å². The minimum atomic E-state index is -0.345. The monoisotopic (exact) mass is 330 g/mol. The van der Waals surface area contributed by atoms with Crippen LogP contribution in [-0.2, 0) is 0 Å². The smallest absolute Gasteiger partial charge is 0.267 e. The van der Waals surface area contributed by atoms with Crippen LogP contribution in [0.25, 0.3) is 22.4 Å². The summed E-state index contributed by atoms with van der Waals surface area (Å²) in [7, 11) is 0. The fourth-order valence-corrected chi connectivity index (χ4v) is 2.14. The summed E-state index contributed by atoms with van der Waals surface area (Å²) < 4.78 is 13.0. The molecule has 0 radical (unpaired) electrons. The third-order valence-electron chi connectivity index (χ3n) is 3.10. The molecule has 0 unspecified atom stereocenters. The van der Waals surface area contributed by atoms with Crippen molar-refractivity contribution in [2.24, 2.45) is 0 Å². The first-order valence-electron chi connectivity index (χ1n) is 7.25. The lowest BCUT2D eigenvalue weighted by Gasteiger charge is -2.04. The van der Waals surface area contributed by atoms with Gasteiger partial charge in [-0.15, -0.1) is 0 Å². The molecule has 0 fully saturated rings. The van der Waals surface area contributed by atoms with E-state index in [1.165, 1.54) is 12.1 Å². The van der Waals surface area contributed by atoms with Crippen molar-refractivity contribution in [2.75, 3.05) is 0 Å². The highest BCUT2D eigenvalue weighted by atomic mass is 35.5. The van der Waals surface area contributed by atoms with E-state index in [-0.39, 0.29) is 11.4 Å². The molecule has 0 atom stereocenters. The molecule has 2 aromatic carbocycles. The highest BCUT2D eigenvalue weighted by Gasteiger charge is 2.08. The summed E-state index contributed by atoms with van der Waals surface area (Å²) in [5.74, 6) is -0.345. The van der Waals surface area contributed by atoms with Crippen LogP contribution in [0.1, 0.15) is 13.8 Å². The largest absolute Gasteiger partial charge is 0.272 e. The Morgan fingerprint density at radius 1 is 0.957 bits per heavy atom. The van der Waals surface area contributed by atoms with E-state index in [1.54, 1.807) is 30.3 Å². The molecule has 1 N–H and O–H groups in total. The van der Waals surface area contributed by atoms with Gasteiger partial charge in [-0.05, 0) is 35.9 Å². The molecule has 3 rings (SSSR count). The lowest BCUT2D eigenvalue weighted by atomic mass is 10.0. The minimum Gasteiger partial charge on any atom is -0.267 e. The van der Waals surface area contributed by atoms with Gasteiger partial charge in [-0.2, -0.15) is 5.10 Å². The van der Waals surface area contributed by atoms with Crippen molar-refractivity contribution in [3.05, 3.63) is 75.8 Å². The van der Waals surface area contributed by atoms with Gasteiger partial charge in [0.25, 0.3) is 5.56 Å². The lowest BCUT2D eigenvalue weighted by molar-refractivity contribution is 0.628. The molecule has 23 heavy (non-hydrogen) atoms. The second kappa shape index (κ2) is 7.70. The number of benzene rings is 2. The van der Waals surface area contributed by atoms with Crippen molar-refractivity contribution >= 4 is 11.6 Å². The van der Waals surface area contributed by atoms with Gasteiger partial charge in [0, 0.05) is 10.6 Å². The maximum atomic E-state index is 13.0. The van der Waals surface area contributed by atoms with E-state index < -0.39 is 0 Å². The summed E-state index contributed by atoms with van der Waals surface area (Å²) in [4.78, 5) is 11.9. The minimum absolute atomic E-state index is 0.320. The Labute approximate surface area is 138 Å². The molecule has 5 heteroatoms. The van der Waals surface area contributed by atoms with E-state index in [0.717, 1.165) is 5.56 Å². The molecule has 3 nitrogen and oxygen atoms in total. The van der Waals surface area contributed by atoms with Crippen LogP contribution in [0.4, 0.5) is 4.39 Å². The van der Waals surface area contributed by atoms with Gasteiger partial charge in [0.15, 0.2) is 0 Å². The number of rotatable bonds is 2. The fourth-order valence-electron chi connectivity index (χ4n) is 2.02. The molecule has 0 saturated heterocycles. The van der Waals surface area contributed by atoms with Gasteiger partial charge in [-0.25, -0.2) is 9.49 Å². The molecule has 0 bridgehead atoms. The fraction of sp³-hybridized carbons (Fsp3) is 0.111. The summed E-state index contributed by atoms with van der Waals surface area (Å²) in [5.41, 5.74) is 2.20. The van der Waals surface area contributed by atoms with Crippen LogP contribution in [0.2, 0.25) is 5.02 Å². The van der Waals surface area contributed by atoms with Crippen LogP contribution in [0.3, 0.4) is 0 Å². The Morgan fingerprint density at radius 2 is 1.52 bits per heavy atom. The van der Waals surface area contributed by atoms with Gasteiger partial charge in [0.1, 0.15) is 5.82 Å². The van der Waals surface area contributed by atoms with Crippen molar-refractivity contribution in [1.29, 1.82) is 0 Å². The average Bonchev–Trinajstić information content (AvgIpc) is 2.59. The number of H-pyrrole nitrogens is 1. The summed E-state index contributed by atoms with van der Waals surface area (Å²) in [6, 6.07) is 14.6. The third-order valence-corrected chi connectivity index (χ3v) is 3.35. The maximum Gasteiger partial charge on any atom is 0.272 e. The summed E-state index contributed by atoms with van der Waals surface area (Å²) in [6.07, 6.45) is 0. The number of hydrogen-bond donors (Lipinski definition) is 1. The van der Waals surface area contributed by atoms with Crippen molar-refractivity contribution < 1.29 is 4.39 Å². The highest BCUT2D eigenvalue weighted by molar-refractivity contribution is 6.30. The number of hydrogen-bond acceptors (Lipinski definition) is 2. The first-order valence-corrected chi connectivity index (χ1v) is 7.63. The normalized spacial score (nSPS) is 9.91. The molecule has 0 spiro atoms. The van der Waals surface area contributed by atoms with Crippen LogP contribution in [0.5, 0.6) is 0 Å². The molecular formula is C18H16ClFN2O. The predicted molar refractivity (Wildman–Crippen MR) is 92.0 cm³/mol. The molecule has 0 amide bonds. The van der Waals surface area contributed by atoms with Crippen molar-refractivity contribution in [3.8, 4) is 22.4 Å². The average molecular weight is 331 g/mol. The first kappa shape index (κ1) is 16.9. The van der Waals surface area contributed by atoms with Crippen LogP contribution in [0.15, 0.2) is 59.4 Å². The Balaban J connectivity index is 0.000000924. The molecule has 0 saturated carbocycles. The summed E-state index contributed by atoms with van der Waals surface area (Å²) in [5, 5.41) is 7.12. The maximum absolute atomic E-state index is 13.0. The van der Waals surface area contributed by atoms with Crippen molar-refractivity contribution in [1.82, 2.24) is 10.2 Å². The number of nitrogens with zero attached hydrogens (tertiary/aromatic N) is 1. The van der Waals surface area contributed by atoms with E-state index in [2.05, 4.69) is 10.2 Å². The molecule has 1 heterocycles. The van der Waals surface area contributed by atoms with E-state index in [9.17, 15) is 9.18 Å². The number of halogens is 2. The van der Waals surface area contributed by atoms with Gasteiger partial charge in [0.05, 0.1) is 11.3 Å². The standard InChI is InChI=1S/C16H10ClFN2O.C2H6/c17-12-5-1-11(2-6-12)15-9-14(16(21)20-19-15)10-3-7-13(18)8-4-10;1-2/h1-9H,(H,20,21);1-2H3. The number of nitrogens with one attached hydrogen (secondary N) is 1. The molecule has 118 valence electrons. The van der Waals surface area contributed by atoms with Gasteiger partial charge < -0.3 is 0 Å². The highest BCUT2D eigenvalue weighted by Crippen LogP contribution is 2.22. The zero-order chi connectivity index (χ0) is 16.8. The quantitative estimate of drug-likeness (QED) is 0.724.